The van der Waals surface area contributed by atoms with Gasteiger partial charge in [-0.3, -0.25) is 4.79 Å². The lowest BCUT2D eigenvalue weighted by molar-refractivity contribution is 0.0954. The molecule has 0 aliphatic heterocycles. The third-order valence-electron chi connectivity index (χ3n) is 3.99. The van der Waals surface area contributed by atoms with Crippen LogP contribution in [0.3, 0.4) is 0 Å². The molecular formula is C20H22N6O. The summed E-state index contributed by atoms with van der Waals surface area (Å²) in [6.07, 6.45) is 1.87. The average Bonchev–Trinajstić information content (AvgIpc) is 3.16. The molecule has 7 heteroatoms. The summed E-state index contributed by atoms with van der Waals surface area (Å²) in [4.78, 5) is 13.7. The van der Waals surface area contributed by atoms with E-state index in [1.807, 2.05) is 49.4 Å². The highest BCUT2D eigenvalue weighted by molar-refractivity contribution is 5.95. The van der Waals surface area contributed by atoms with Crippen molar-refractivity contribution >= 4 is 11.6 Å². The molecule has 3 rings (SSSR count). The predicted octanol–water partition coefficient (Wildman–Crippen LogP) is 3.29. The van der Waals surface area contributed by atoms with E-state index in [2.05, 4.69) is 32.9 Å². The van der Waals surface area contributed by atoms with Gasteiger partial charge in [0.05, 0.1) is 6.54 Å². The van der Waals surface area contributed by atoms with Gasteiger partial charge in [0.1, 0.15) is 0 Å². The van der Waals surface area contributed by atoms with Crippen molar-refractivity contribution in [3.63, 3.8) is 0 Å². The van der Waals surface area contributed by atoms with Gasteiger partial charge in [0.2, 0.25) is 5.82 Å². The van der Waals surface area contributed by atoms with E-state index in [4.69, 9.17) is 0 Å². The molecule has 0 atom stereocenters. The second kappa shape index (κ2) is 8.84. The van der Waals surface area contributed by atoms with E-state index < -0.39 is 0 Å². The van der Waals surface area contributed by atoms with Gasteiger partial charge in [0.25, 0.3) is 5.91 Å². The Morgan fingerprint density at radius 2 is 1.85 bits per heavy atom. The van der Waals surface area contributed by atoms with Crippen LogP contribution in [-0.4, -0.2) is 31.8 Å². The van der Waals surface area contributed by atoms with E-state index in [9.17, 15) is 4.79 Å². The molecule has 1 heterocycles. The van der Waals surface area contributed by atoms with Crippen LogP contribution in [-0.2, 0) is 6.54 Å². The van der Waals surface area contributed by atoms with Gasteiger partial charge in [0, 0.05) is 16.8 Å². The van der Waals surface area contributed by atoms with Crippen molar-refractivity contribution < 1.29 is 4.79 Å². The molecule has 27 heavy (non-hydrogen) atoms. The molecule has 0 spiro atoms. The molecule has 1 N–H and O–H groups in total. The SMILES string of the molecule is CCC/C(C)=N\NC(=O)c1ccc(Cn2nnc(-c3ccccc3)n2)cc1. The summed E-state index contributed by atoms with van der Waals surface area (Å²) in [6.45, 7) is 4.46. The fourth-order valence-corrected chi connectivity index (χ4v) is 2.57. The van der Waals surface area contributed by atoms with Crippen molar-refractivity contribution in [2.45, 2.75) is 33.2 Å². The van der Waals surface area contributed by atoms with Crippen molar-refractivity contribution in [2.75, 3.05) is 0 Å². The zero-order chi connectivity index (χ0) is 19.1. The number of carbonyl (C=O) groups excluding carboxylic acids is 1. The van der Waals surface area contributed by atoms with E-state index >= 15 is 0 Å². The minimum absolute atomic E-state index is 0.220. The molecule has 0 fully saturated rings. The number of aromatic nitrogens is 4. The third kappa shape index (κ3) is 5.07. The number of hydrogen-bond acceptors (Lipinski definition) is 5. The quantitative estimate of drug-likeness (QED) is 0.516. The maximum absolute atomic E-state index is 12.1. The van der Waals surface area contributed by atoms with Crippen LogP contribution < -0.4 is 5.43 Å². The first-order valence-electron chi connectivity index (χ1n) is 8.91. The lowest BCUT2D eigenvalue weighted by Gasteiger charge is -2.04. The van der Waals surface area contributed by atoms with Crippen molar-refractivity contribution in [1.29, 1.82) is 0 Å². The van der Waals surface area contributed by atoms with E-state index in [0.29, 0.717) is 17.9 Å². The largest absolute Gasteiger partial charge is 0.271 e. The van der Waals surface area contributed by atoms with Crippen LogP contribution in [0.25, 0.3) is 11.4 Å². The highest BCUT2D eigenvalue weighted by atomic mass is 16.2. The molecule has 0 aliphatic carbocycles. The molecule has 0 aliphatic rings. The summed E-state index contributed by atoms with van der Waals surface area (Å²) < 4.78 is 0. The second-order valence-corrected chi connectivity index (χ2v) is 6.24. The van der Waals surface area contributed by atoms with Crippen LogP contribution in [0.5, 0.6) is 0 Å². The molecule has 138 valence electrons. The van der Waals surface area contributed by atoms with Gasteiger partial charge in [-0.05, 0) is 36.3 Å². The zero-order valence-corrected chi connectivity index (χ0v) is 15.5. The molecule has 0 bridgehead atoms. The lowest BCUT2D eigenvalue weighted by atomic mass is 10.1. The highest BCUT2D eigenvalue weighted by Gasteiger charge is 2.08. The van der Waals surface area contributed by atoms with Gasteiger partial charge in [-0.15, -0.1) is 10.2 Å². The average molecular weight is 362 g/mol. The van der Waals surface area contributed by atoms with E-state index in [0.717, 1.165) is 29.7 Å². The fourth-order valence-electron chi connectivity index (χ4n) is 2.57. The molecule has 1 amide bonds. The summed E-state index contributed by atoms with van der Waals surface area (Å²) >= 11 is 0. The van der Waals surface area contributed by atoms with Crippen LogP contribution >= 0.6 is 0 Å². The maximum atomic E-state index is 12.1. The summed E-state index contributed by atoms with van der Waals surface area (Å²) in [5, 5.41) is 16.7. The minimum atomic E-state index is -0.220. The Morgan fingerprint density at radius 3 is 2.56 bits per heavy atom. The van der Waals surface area contributed by atoms with Crippen LogP contribution in [0, 0.1) is 0 Å². The maximum Gasteiger partial charge on any atom is 0.271 e. The van der Waals surface area contributed by atoms with Gasteiger partial charge >= 0.3 is 0 Å². The lowest BCUT2D eigenvalue weighted by Crippen LogP contribution is -2.19. The number of rotatable bonds is 7. The number of nitrogens with zero attached hydrogens (tertiary/aromatic N) is 5. The monoisotopic (exact) mass is 362 g/mol. The Hall–Kier alpha value is -3.35. The number of hydrazone groups is 1. The van der Waals surface area contributed by atoms with Gasteiger partial charge in [-0.2, -0.15) is 9.90 Å². The molecule has 0 saturated carbocycles. The van der Waals surface area contributed by atoms with Gasteiger partial charge < -0.3 is 0 Å². The Bertz CT molecular complexity index is 915. The molecule has 0 unspecified atom stereocenters. The van der Waals surface area contributed by atoms with Crippen molar-refractivity contribution in [3.8, 4) is 11.4 Å². The van der Waals surface area contributed by atoms with Gasteiger partial charge in [0.15, 0.2) is 0 Å². The predicted molar refractivity (Wildman–Crippen MR) is 104 cm³/mol. The molecule has 0 radical (unpaired) electrons. The molecule has 1 aromatic heterocycles. The number of carbonyl (C=O) groups is 1. The fraction of sp³-hybridized carbons (Fsp3) is 0.250. The normalized spacial score (nSPS) is 11.4. The Labute approximate surface area is 158 Å². The van der Waals surface area contributed by atoms with Crippen LogP contribution in [0.2, 0.25) is 0 Å². The minimum Gasteiger partial charge on any atom is -0.267 e. The van der Waals surface area contributed by atoms with Gasteiger partial charge in [-0.25, -0.2) is 5.43 Å². The number of tetrazole rings is 1. The standard InChI is InChI=1S/C20H22N6O/c1-3-7-15(2)21-23-20(27)18-12-10-16(11-13-18)14-26-24-19(22-25-26)17-8-5-4-6-9-17/h4-6,8-13H,3,7,14H2,1-2H3,(H,23,27)/b21-15-. The molecular weight excluding hydrogens is 340 g/mol. The number of hydrogen-bond donors (Lipinski definition) is 1. The van der Waals surface area contributed by atoms with E-state index in [-0.39, 0.29) is 5.91 Å². The van der Waals surface area contributed by atoms with Crippen molar-refractivity contribution in [1.82, 2.24) is 25.6 Å². The summed E-state index contributed by atoms with van der Waals surface area (Å²) in [7, 11) is 0. The first-order valence-corrected chi connectivity index (χ1v) is 8.91. The highest BCUT2D eigenvalue weighted by Crippen LogP contribution is 2.12. The Kier molecular flexibility index (Phi) is 6.04. The number of benzene rings is 2. The summed E-state index contributed by atoms with van der Waals surface area (Å²) in [5.74, 6) is 0.370. The topological polar surface area (TPSA) is 85.1 Å². The van der Waals surface area contributed by atoms with Crippen LogP contribution in [0.1, 0.15) is 42.6 Å². The first-order chi connectivity index (χ1) is 13.2. The zero-order valence-electron chi connectivity index (χ0n) is 15.5. The molecule has 7 nitrogen and oxygen atoms in total. The van der Waals surface area contributed by atoms with Crippen molar-refractivity contribution in [3.05, 3.63) is 65.7 Å². The van der Waals surface area contributed by atoms with E-state index in [1.54, 1.807) is 12.1 Å². The summed E-state index contributed by atoms with van der Waals surface area (Å²) in [5.41, 5.74) is 5.96. The number of nitrogens with one attached hydrogen (secondary N) is 1. The Balaban J connectivity index is 1.62. The smallest absolute Gasteiger partial charge is 0.267 e. The van der Waals surface area contributed by atoms with Crippen molar-refractivity contribution in [2.24, 2.45) is 5.10 Å². The summed E-state index contributed by atoms with van der Waals surface area (Å²) in [6, 6.07) is 17.0. The van der Waals surface area contributed by atoms with E-state index in [1.165, 1.54) is 4.80 Å². The molecule has 3 aromatic rings. The third-order valence-corrected chi connectivity index (χ3v) is 3.99. The van der Waals surface area contributed by atoms with Gasteiger partial charge in [-0.1, -0.05) is 55.8 Å². The second-order valence-electron chi connectivity index (χ2n) is 6.24. The Morgan fingerprint density at radius 1 is 1.11 bits per heavy atom. The van der Waals surface area contributed by atoms with Crippen LogP contribution in [0.4, 0.5) is 0 Å². The van der Waals surface area contributed by atoms with Crippen LogP contribution in [0.15, 0.2) is 59.7 Å². The first kappa shape index (κ1) is 18.4. The molecule has 2 aromatic carbocycles. The molecule has 0 saturated heterocycles. The number of amides is 1.